The predicted molar refractivity (Wildman–Crippen MR) is 64.0 cm³/mol. The third-order valence-electron chi connectivity index (χ3n) is 2.22. The second-order valence-corrected chi connectivity index (χ2v) is 4.79. The van der Waals surface area contributed by atoms with Gasteiger partial charge in [-0.15, -0.1) is 0 Å². The van der Waals surface area contributed by atoms with Crippen molar-refractivity contribution in [2.75, 3.05) is 21.1 Å². The van der Waals surface area contributed by atoms with Crippen LogP contribution in [0.2, 0.25) is 0 Å². The van der Waals surface area contributed by atoms with Gasteiger partial charge in [0.15, 0.2) is 6.10 Å². The molecule has 0 saturated carbocycles. The Morgan fingerprint density at radius 2 is 2.06 bits per heavy atom. The molecule has 0 aromatic rings. The van der Waals surface area contributed by atoms with Crippen LogP contribution in [0, 0.1) is 0 Å². The number of nitrogens with zero attached hydrogens (tertiary/aromatic N) is 3. The van der Waals surface area contributed by atoms with Gasteiger partial charge in [0.05, 0.1) is 33.1 Å². The highest BCUT2D eigenvalue weighted by molar-refractivity contribution is 7.80. The molecule has 0 saturated heterocycles. The van der Waals surface area contributed by atoms with Gasteiger partial charge < -0.3 is 14.7 Å². The van der Waals surface area contributed by atoms with E-state index in [0.29, 0.717) is 0 Å². The number of carbonyl (C=O) groups is 1. The summed E-state index contributed by atoms with van der Waals surface area (Å²) in [6.45, 7) is 0. The van der Waals surface area contributed by atoms with Crippen LogP contribution in [0.1, 0.15) is 0 Å². The highest BCUT2D eigenvalue weighted by Gasteiger charge is 2.41. The first-order valence-electron chi connectivity index (χ1n) is 4.62. The molecule has 0 aromatic carbocycles. The van der Waals surface area contributed by atoms with Gasteiger partial charge in [0.2, 0.25) is 11.2 Å². The molecule has 0 amide bonds. The van der Waals surface area contributed by atoms with E-state index in [4.69, 9.17) is 17.3 Å². The lowest BCUT2D eigenvalue weighted by atomic mass is 10.0. The van der Waals surface area contributed by atoms with E-state index in [-0.39, 0.29) is 15.3 Å². The number of aliphatic imine (C=N–C) groups is 2. The maximum absolute atomic E-state index is 11.1. The molecule has 0 spiro atoms. The van der Waals surface area contributed by atoms with Crippen molar-refractivity contribution in [2.24, 2.45) is 9.98 Å². The largest absolute Gasteiger partial charge is 0.477 e. The Morgan fingerprint density at radius 3 is 2.38 bits per heavy atom. The number of thiocarbonyl (C=S) groups is 1. The number of aliphatic carboxylic acids is 1. The fraction of sp³-hybridized carbons (Fsp3) is 0.556. The lowest BCUT2D eigenvalue weighted by Gasteiger charge is -2.33. The van der Waals surface area contributed by atoms with Gasteiger partial charge in [-0.05, 0) is 12.2 Å². The van der Waals surface area contributed by atoms with Crippen LogP contribution in [0.15, 0.2) is 9.98 Å². The number of aliphatic hydroxyl groups is 1. The highest BCUT2D eigenvalue weighted by atomic mass is 32.1. The summed E-state index contributed by atoms with van der Waals surface area (Å²) in [5.74, 6) is -1.09. The van der Waals surface area contributed by atoms with Crippen LogP contribution < -0.4 is 0 Å². The molecule has 0 aliphatic carbocycles. The number of likely N-dealkylation sites (N-methyl/N-ethyl adjacent to an activating group) is 1. The van der Waals surface area contributed by atoms with Crippen molar-refractivity contribution in [3.8, 4) is 0 Å². The Morgan fingerprint density at radius 1 is 1.50 bits per heavy atom. The fourth-order valence-electron chi connectivity index (χ4n) is 1.48. The van der Waals surface area contributed by atoms with Gasteiger partial charge in [-0.25, -0.2) is 14.8 Å². The second-order valence-electron chi connectivity index (χ2n) is 4.42. The summed E-state index contributed by atoms with van der Waals surface area (Å²) < 4.78 is 0.0795. The molecule has 7 heteroatoms. The molecule has 0 bridgehead atoms. The molecule has 88 valence electrons. The number of rotatable bonds is 4. The van der Waals surface area contributed by atoms with Crippen LogP contribution >= 0.6 is 12.2 Å². The lowest BCUT2D eigenvalue weighted by Crippen LogP contribution is -2.58. The summed E-state index contributed by atoms with van der Waals surface area (Å²) in [5, 5.41) is 19.2. The molecule has 0 fully saturated rings. The fourth-order valence-corrected chi connectivity index (χ4v) is 1.64. The molecule has 16 heavy (non-hydrogen) atoms. The minimum atomic E-state index is -1.22. The summed E-state index contributed by atoms with van der Waals surface area (Å²) in [6, 6.07) is -1.01. The van der Waals surface area contributed by atoms with Crippen molar-refractivity contribution in [3.63, 3.8) is 0 Å². The SMILES string of the molecule is C[N+](C)(C)[C@H](C(=O)O)[C@H](O)C1=NC(=S)N=C1. The van der Waals surface area contributed by atoms with Gasteiger partial charge in [-0.2, -0.15) is 0 Å². The van der Waals surface area contributed by atoms with E-state index < -0.39 is 18.1 Å². The van der Waals surface area contributed by atoms with Crippen LogP contribution in [0.3, 0.4) is 0 Å². The van der Waals surface area contributed by atoms with Crippen LogP contribution in [0.5, 0.6) is 0 Å². The molecule has 0 aromatic heterocycles. The Balaban J connectivity index is 2.98. The summed E-state index contributed by atoms with van der Waals surface area (Å²) in [6.07, 6.45) is 0.0835. The molecular weight excluding hydrogens is 230 g/mol. The zero-order chi connectivity index (χ0) is 12.5. The quantitative estimate of drug-likeness (QED) is 0.507. The predicted octanol–water partition coefficient (Wildman–Crippen LogP) is -0.683. The number of aliphatic hydroxyl groups excluding tert-OH is 1. The second kappa shape index (κ2) is 4.36. The Kier molecular flexibility index (Phi) is 3.51. The summed E-state index contributed by atoms with van der Waals surface area (Å²) in [5.41, 5.74) is 0.199. The number of carboxylic acid groups (broad SMARTS) is 1. The standard InChI is InChI=1S/C9H13N3O3S/c1-12(2,3)6(8(14)15)7(13)5-4-10-9(16)11-5/h4,6-7,13H,1-3H3/p+1/t6-,7+/m0/s1. The molecule has 1 aliphatic heterocycles. The maximum Gasteiger partial charge on any atom is 0.365 e. The van der Waals surface area contributed by atoms with Crippen molar-refractivity contribution in [1.82, 2.24) is 0 Å². The Hall–Kier alpha value is -1.18. The van der Waals surface area contributed by atoms with Gasteiger partial charge in [0, 0.05) is 0 Å². The van der Waals surface area contributed by atoms with Crippen LogP contribution in [-0.2, 0) is 4.79 Å². The van der Waals surface area contributed by atoms with Gasteiger partial charge in [0.1, 0.15) is 0 Å². The molecular formula is C9H14N3O3S+. The van der Waals surface area contributed by atoms with E-state index in [2.05, 4.69) is 9.98 Å². The zero-order valence-corrected chi connectivity index (χ0v) is 10.1. The summed E-state index contributed by atoms with van der Waals surface area (Å²) in [7, 11) is 5.06. The Bertz CT molecular complexity index is 384. The first-order valence-corrected chi connectivity index (χ1v) is 5.03. The molecule has 0 radical (unpaired) electrons. The molecule has 6 nitrogen and oxygen atoms in total. The van der Waals surface area contributed by atoms with Crippen molar-refractivity contribution >= 4 is 35.2 Å². The van der Waals surface area contributed by atoms with E-state index in [1.165, 1.54) is 6.21 Å². The number of hydrogen-bond acceptors (Lipinski definition) is 3. The smallest absolute Gasteiger partial charge is 0.365 e. The maximum atomic E-state index is 11.1. The summed E-state index contributed by atoms with van der Waals surface area (Å²) in [4.78, 5) is 18.6. The lowest BCUT2D eigenvalue weighted by molar-refractivity contribution is -0.889. The average Bonchev–Trinajstić information content (AvgIpc) is 2.48. The highest BCUT2D eigenvalue weighted by Crippen LogP contribution is 2.12. The first-order chi connectivity index (χ1) is 7.23. The molecule has 2 atom stereocenters. The van der Waals surface area contributed by atoms with Crippen molar-refractivity contribution < 1.29 is 19.5 Å². The normalized spacial score (nSPS) is 19.5. The number of hydrogen-bond donors (Lipinski definition) is 2. The topological polar surface area (TPSA) is 82.2 Å². The number of quaternary nitrogens is 1. The van der Waals surface area contributed by atoms with Crippen molar-refractivity contribution in [3.05, 3.63) is 0 Å². The minimum absolute atomic E-state index is 0.0795. The average molecular weight is 244 g/mol. The van der Waals surface area contributed by atoms with Gasteiger partial charge in [0.25, 0.3) is 0 Å². The molecule has 1 heterocycles. The first kappa shape index (κ1) is 12.9. The molecule has 2 N–H and O–H groups in total. The van der Waals surface area contributed by atoms with Gasteiger partial charge >= 0.3 is 5.97 Å². The van der Waals surface area contributed by atoms with Crippen LogP contribution in [-0.4, -0.2) is 71.0 Å². The number of carboxylic acids is 1. The third-order valence-corrected chi connectivity index (χ3v) is 2.42. The molecule has 1 rings (SSSR count). The molecule has 1 aliphatic rings. The molecule has 0 unspecified atom stereocenters. The van der Waals surface area contributed by atoms with Crippen molar-refractivity contribution in [2.45, 2.75) is 12.1 Å². The van der Waals surface area contributed by atoms with E-state index in [9.17, 15) is 9.90 Å². The monoisotopic (exact) mass is 244 g/mol. The van der Waals surface area contributed by atoms with Gasteiger partial charge in [-0.3, -0.25) is 0 Å². The van der Waals surface area contributed by atoms with E-state index >= 15 is 0 Å². The van der Waals surface area contributed by atoms with Crippen molar-refractivity contribution in [1.29, 1.82) is 0 Å². The van der Waals surface area contributed by atoms with Crippen LogP contribution in [0.25, 0.3) is 0 Å². The van der Waals surface area contributed by atoms with Gasteiger partial charge in [-0.1, -0.05) is 0 Å². The zero-order valence-electron chi connectivity index (χ0n) is 9.28. The summed E-state index contributed by atoms with van der Waals surface area (Å²) >= 11 is 4.71. The van der Waals surface area contributed by atoms with E-state index in [1.807, 2.05) is 0 Å². The minimum Gasteiger partial charge on any atom is -0.477 e. The Labute approximate surface area is 98.5 Å². The third kappa shape index (κ3) is 2.69. The van der Waals surface area contributed by atoms with E-state index in [1.54, 1.807) is 21.1 Å². The van der Waals surface area contributed by atoms with Crippen LogP contribution in [0.4, 0.5) is 0 Å². The van der Waals surface area contributed by atoms with E-state index in [0.717, 1.165) is 0 Å².